The molecular formula is C15H12FN5OS. The van der Waals surface area contributed by atoms with Crippen LogP contribution in [-0.4, -0.2) is 20.9 Å². The van der Waals surface area contributed by atoms with Crippen LogP contribution in [0.3, 0.4) is 0 Å². The average molecular weight is 329 g/mol. The zero-order valence-corrected chi connectivity index (χ0v) is 12.7. The molecule has 3 rings (SSSR count). The van der Waals surface area contributed by atoms with Crippen LogP contribution in [0, 0.1) is 5.82 Å². The van der Waals surface area contributed by atoms with Gasteiger partial charge in [0.25, 0.3) is 0 Å². The number of nitrogens with zero attached hydrogens (tertiary/aromatic N) is 3. The largest absolute Gasteiger partial charge is 0.368 e. The lowest BCUT2D eigenvalue weighted by atomic mass is 10.1. The Morgan fingerprint density at radius 3 is 2.83 bits per heavy atom. The van der Waals surface area contributed by atoms with Gasteiger partial charge in [0.15, 0.2) is 5.13 Å². The van der Waals surface area contributed by atoms with Gasteiger partial charge in [-0.3, -0.25) is 4.79 Å². The Balaban J connectivity index is 1.69. The number of carbonyl (C=O) groups excluding carboxylic acids is 1. The van der Waals surface area contributed by atoms with E-state index >= 15 is 0 Å². The molecule has 0 unspecified atom stereocenters. The number of hydrogen-bond acceptors (Lipinski definition) is 6. The third-order valence-electron chi connectivity index (χ3n) is 3.00. The summed E-state index contributed by atoms with van der Waals surface area (Å²) in [6.45, 7) is 0. The van der Waals surface area contributed by atoms with Gasteiger partial charge in [0.1, 0.15) is 11.5 Å². The van der Waals surface area contributed by atoms with E-state index in [0.717, 1.165) is 0 Å². The molecule has 2 aromatic heterocycles. The lowest BCUT2D eigenvalue weighted by Gasteiger charge is -2.03. The number of halogens is 1. The van der Waals surface area contributed by atoms with Crippen LogP contribution in [0.5, 0.6) is 0 Å². The zero-order chi connectivity index (χ0) is 16.2. The second kappa shape index (κ2) is 6.49. The van der Waals surface area contributed by atoms with E-state index in [0.29, 0.717) is 22.1 Å². The van der Waals surface area contributed by atoms with Crippen molar-refractivity contribution in [1.82, 2.24) is 15.0 Å². The number of rotatable bonds is 4. The smallest absolute Gasteiger partial charge is 0.230 e. The number of nitrogens with two attached hydrogens (primary N) is 1. The van der Waals surface area contributed by atoms with Gasteiger partial charge in [-0.05, 0) is 17.7 Å². The number of hydrogen-bond donors (Lipinski definition) is 2. The van der Waals surface area contributed by atoms with Crippen LogP contribution in [0.25, 0.3) is 11.4 Å². The van der Waals surface area contributed by atoms with Gasteiger partial charge in [-0.15, -0.1) is 11.3 Å². The summed E-state index contributed by atoms with van der Waals surface area (Å²) in [5.74, 6) is -0.585. The molecule has 0 radical (unpaired) electrons. The molecule has 0 aliphatic carbocycles. The number of anilines is 2. The number of nitrogens with one attached hydrogen (secondary N) is 1. The van der Waals surface area contributed by atoms with Gasteiger partial charge in [-0.25, -0.2) is 19.3 Å². The van der Waals surface area contributed by atoms with Crippen molar-refractivity contribution in [3.63, 3.8) is 0 Å². The summed E-state index contributed by atoms with van der Waals surface area (Å²) in [7, 11) is 0. The Morgan fingerprint density at radius 2 is 2.04 bits per heavy atom. The molecule has 0 spiro atoms. The molecular weight excluding hydrogens is 317 g/mol. The summed E-state index contributed by atoms with van der Waals surface area (Å²) < 4.78 is 13.5. The quantitative estimate of drug-likeness (QED) is 0.767. The standard InChI is InChI=1S/C15H12FN5OS/c16-10-4-2-1-3-9(10)7-13(22)21-15-20-12(8-23-15)11-5-6-18-14(17)19-11/h1-6,8H,7H2,(H2,17,18,19)(H,20,21,22). The van der Waals surface area contributed by atoms with Crippen LogP contribution in [0.1, 0.15) is 5.56 Å². The van der Waals surface area contributed by atoms with Crippen molar-refractivity contribution in [2.24, 2.45) is 0 Å². The van der Waals surface area contributed by atoms with E-state index < -0.39 is 5.82 Å². The Labute approximate surface area is 135 Å². The van der Waals surface area contributed by atoms with Crippen LogP contribution < -0.4 is 11.1 Å². The Kier molecular flexibility index (Phi) is 4.24. The van der Waals surface area contributed by atoms with E-state index in [-0.39, 0.29) is 18.3 Å². The van der Waals surface area contributed by atoms with Crippen molar-refractivity contribution >= 4 is 28.3 Å². The predicted octanol–water partition coefficient (Wildman–Crippen LogP) is 2.50. The van der Waals surface area contributed by atoms with Crippen LogP contribution in [0.2, 0.25) is 0 Å². The van der Waals surface area contributed by atoms with Crippen molar-refractivity contribution in [2.45, 2.75) is 6.42 Å². The van der Waals surface area contributed by atoms with Gasteiger partial charge in [-0.2, -0.15) is 0 Å². The maximum Gasteiger partial charge on any atom is 0.230 e. The summed E-state index contributed by atoms with van der Waals surface area (Å²) in [5, 5.41) is 4.82. The molecule has 3 aromatic rings. The minimum absolute atomic E-state index is 0.0535. The van der Waals surface area contributed by atoms with Crippen molar-refractivity contribution in [1.29, 1.82) is 0 Å². The predicted molar refractivity (Wildman–Crippen MR) is 86.3 cm³/mol. The lowest BCUT2D eigenvalue weighted by molar-refractivity contribution is -0.115. The highest BCUT2D eigenvalue weighted by Gasteiger charge is 2.11. The third kappa shape index (κ3) is 3.67. The molecule has 1 aromatic carbocycles. The normalized spacial score (nSPS) is 10.5. The molecule has 0 aliphatic rings. The maximum atomic E-state index is 13.5. The van der Waals surface area contributed by atoms with E-state index in [4.69, 9.17) is 5.73 Å². The number of amides is 1. The van der Waals surface area contributed by atoms with Crippen molar-refractivity contribution < 1.29 is 9.18 Å². The molecule has 2 heterocycles. The van der Waals surface area contributed by atoms with Crippen LogP contribution in [0.4, 0.5) is 15.5 Å². The molecule has 6 nitrogen and oxygen atoms in total. The molecule has 3 N–H and O–H groups in total. The Morgan fingerprint density at radius 1 is 1.22 bits per heavy atom. The first-order valence-corrected chi connectivity index (χ1v) is 7.57. The van der Waals surface area contributed by atoms with Crippen molar-refractivity contribution in [3.05, 3.63) is 53.3 Å². The van der Waals surface area contributed by atoms with E-state index in [1.54, 1.807) is 29.6 Å². The molecule has 8 heteroatoms. The van der Waals surface area contributed by atoms with Crippen molar-refractivity contribution in [3.8, 4) is 11.4 Å². The highest BCUT2D eigenvalue weighted by atomic mass is 32.1. The summed E-state index contributed by atoms with van der Waals surface area (Å²) in [6, 6.07) is 7.84. The van der Waals surface area contributed by atoms with E-state index in [1.165, 1.54) is 23.6 Å². The zero-order valence-electron chi connectivity index (χ0n) is 11.9. The van der Waals surface area contributed by atoms with E-state index in [9.17, 15) is 9.18 Å². The molecule has 23 heavy (non-hydrogen) atoms. The minimum Gasteiger partial charge on any atom is -0.368 e. The fraction of sp³-hybridized carbons (Fsp3) is 0.0667. The number of aromatic nitrogens is 3. The van der Waals surface area contributed by atoms with Gasteiger partial charge in [0, 0.05) is 11.6 Å². The molecule has 0 fully saturated rings. The molecule has 0 bridgehead atoms. The second-order valence-corrected chi connectivity index (χ2v) is 5.51. The molecule has 0 atom stereocenters. The van der Waals surface area contributed by atoms with Gasteiger partial charge < -0.3 is 11.1 Å². The summed E-state index contributed by atoms with van der Waals surface area (Å²) in [5.41, 5.74) is 7.03. The monoisotopic (exact) mass is 329 g/mol. The number of nitrogen functional groups attached to an aromatic ring is 1. The van der Waals surface area contributed by atoms with Crippen molar-refractivity contribution in [2.75, 3.05) is 11.1 Å². The minimum atomic E-state index is -0.404. The Bertz CT molecular complexity index is 851. The highest BCUT2D eigenvalue weighted by Crippen LogP contribution is 2.23. The fourth-order valence-electron chi connectivity index (χ4n) is 1.94. The third-order valence-corrected chi connectivity index (χ3v) is 3.75. The first kappa shape index (κ1) is 15.0. The van der Waals surface area contributed by atoms with Crippen LogP contribution in [0.15, 0.2) is 41.9 Å². The summed E-state index contributed by atoms with van der Waals surface area (Å²) >= 11 is 1.26. The number of carbonyl (C=O) groups is 1. The van der Waals surface area contributed by atoms with Crippen LogP contribution in [-0.2, 0) is 11.2 Å². The second-order valence-electron chi connectivity index (χ2n) is 4.65. The van der Waals surface area contributed by atoms with Gasteiger partial charge >= 0.3 is 0 Å². The van der Waals surface area contributed by atoms with Gasteiger partial charge in [0.05, 0.1) is 12.1 Å². The first-order valence-electron chi connectivity index (χ1n) is 6.69. The molecule has 1 amide bonds. The maximum absolute atomic E-state index is 13.5. The SMILES string of the molecule is Nc1nccc(-c2csc(NC(=O)Cc3ccccc3F)n2)n1. The lowest BCUT2D eigenvalue weighted by Crippen LogP contribution is -2.15. The van der Waals surface area contributed by atoms with Crippen LogP contribution >= 0.6 is 11.3 Å². The number of thiazole rings is 1. The van der Waals surface area contributed by atoms with E-state index in [1.807, 2.05) is 0 Å². The molecule has 116 valence electrons. The Hall–Kier alpha value is -2.87. The summed E-state index contributed by atoms with van der Waals surface area (Å²) in [4.78, 5) is 24.1. The molecule has 0 aliphatic heterocycles. The molecule has 0 saturated carbocycles. The number of benzene rings is 1. The highest BCUT2D eigenvalue weighted by molar-refractivity contribution is 7.14. The first-order chi connectivity index (χ1) is 11.1. The topological polar surface area (TPSA) is 93.8 Å². The molecule has 0 saturated heterocycles. The van der Waals surface area contributed by atoms with Gasteiger partial charge in [0.2, 0.25) is 11.9 Å². The summed E-state index contributed by atoms with van der Waals surface area (Å²) in [6.07, 6.45) is 1.48. The average Bonchev–Trinajstić information content (AvgIpc) is 2.98. The van der Waals surface area contributed by atoms with Gasteiger partial charge in [-0.1, -0.05) is 18.2 Å². The fourth-order valence-corrected chi connectivity index (χ4v) is 2.66. The van der Waals surface area contributed by atoms with E-state index in [2.05, 4.69) is 20.3 Å².